The molecule has 0 bridgehead atoms. The van der Waals surface area contributed by atoms with E-state index in [-0.39, 0.29) is 11.8 Å². The van der Waals surface area contributed by atoms with Gasteiger partial charge in [-0.2, -0.15) is 0 Å². The Morgan fingerprint density at radius 2 is 1.81 bits per heavy atom. The Balaban J connectivity index is 1.80. The van der Waals surface area contributed by atoms with Crippen molar-refractivity contribution in [1.29, 1.82) is 0 Å². The Bertz CT molecular complexity index is 547. The highest BCUT2D eigenvalue weighted by atomic mass is 16.5. The van der Waals surface area contributed by atoms with Gasteiger partial charge in [0.15, 0.2) is 0 Å². The monoisotopic (exact) mass is 288 g/mol. The normalized spacial score (nSPS) is 20.5. The fourth-order valence-corrected chi connectivity index (χ4v) is 3.37. The van der Waals surface area contributed by atoms with Crippen LogP contribution in [0, 0.1) is 5.41 Å². The molecule has 2 fully saturated rings. The number of hydrogen-bond acceptors (Lipinski definition) is 4. The molecule has 3 rings (SSSR count). The van der Waals surface area contributed by atoms with E-state index in [1.807, 2.05) is 0 Å². The van der Waals surface area contributed by atoms with Crippen molar-refractivity contribution in [2.75, 3.05) is 18.1 Å². The lowest BCUT2D eigenvalue weighted by Crippen LogP contribution is -2.34. The Labute approximate surface area is 124 Å². The number of benzene rings is 1. The number of nitrogens with two attached hydrogens (primary N) is 1. The van der Waals surface area contributed by atoms with Crippen LogP contribution in [0.1, 0.15) is 32.1 Å². The van der Waals surface area contributed by atoms with E-state index >= 15 is 0 Å². The molecule has 1 aromatic carbocycles. The van der Waals surface area contributed by atoms with E-state index in [2.05, 4.69) is 0 Å². The number of rotatable bonds is 4. The third kappa shape index (κ3) is 2.42. The first-order valence-electron chi connectivity index (χ1n) is 7.47. The van der Waals surface area contributed by atoms with Crippen LogP contribution in [-0.4, -0.2) is 25.0 Å². The van der Waals surface area contributed by atoms with Gasteiger partial charge in [0.1, 0.15) is 12.4 Å². The largest absolute Gasteiger partial charge is 0.492 e. The smallest absolute Gasteiger partial charge is 0.240 e. The van der Waals surface area contributed by atoms with Gasteiger partial charge in [-0.15, -0.1) is 0 Å². The number of ether oxygens (including phenoxy) is 1. The Hall–Kier alpha value is -1.88. The summed E-state index contributed by atoms with van der Waals surface area (Å²) >= 11 is 0. The maximum absolute atomic E-state index is 12.7. The Morgan fingerprint density at radius 1 is 1.14 bits per heavy atom. The second-order valence-corrected chi connectivity index (χ2v) is 5.83. The third-order valence-electron chi connectivity index (χ3n) is 4.44. The highest BCUT2D eigenvalue weighted by Crippen LogP contribution is 2.47. The topological polar surface area (TPSA) is 72.6 Å². The quantitative estimate of drug-likeness (QED) is 0.858. The van der Waals surface area contributed by atoms with E-state index in [0.717, 1.165) is 25.7 Å². The molecule has 2 amide bonds. The first kappa shape index (κ1) is 14.1. The van der Waals surface area contributed by atoms with Gasteiger partial charge in [-0.1, -0.05) is 12.8 Å². The molecule has 5 nitrogen and oxygen atoms in total. The van der Waals surface area contributed by atoms with Gasteiger partial charge < -0.3 is 10.5 Å². The third-order valence-corrected chi connectivity index (χ3v) is 4.44. The first-order valence-corrected chi connectivity index (χ1v) is 7.47. The van der Waals surface area contributed by atoms with Crippen LogP contribution < -0.4 is 15.4 Å². The van der Waals surface area contributed by atoms with Gasteiger partial charge in [-0.3, -0.25) is 14.5 Å². The summed E-state index contributed by atoms with van der Waals surface area (Å²) in [5.74, 6) is 0.581. The number of nitrogens with zero attached hydrogens (tertiary/aromatic N) is 1. The van der Waals surface area contributed by atoms with E-state index in [1.54, 1.807) is 24.3 Å². The molecule has 2 aliphatic rings. The van der Waals surface area contributed by atoms with Gasteiger partial charge in [-0.25, -0.2) is 0 Å². The average Bonchev–Trinajstić information content (AvgIpc) is 3.04. The lowest BCUT2D eigenvalue weighted by molar-refractivity contribution is -0.125. The van der Waals surface area contributed by atoms with Crippen LogP contribution in [0.3, 0.4) is 0 Å². The van der Waals surface area contributed by atoms with Crippen molar-refractivity contribution < 1.29 is 14.3 Å². The number of carbonyl (C=O) groups is 2. The zero-order chi connectivity index (χ0) is 14.9. The van der Waals surface area contributed by atoms with Gasteiger partial charge in [0.2, 0.25) is 11.8 Å². The summed E-state index contributed by atoms with van der Waals surface area (Å²) in [6.07, 6.45) is 4.12. The van der Waals surface area contributed by atoms with Gasteiger partial charge in [0.25, 0.3) is 0 Å². The second kappa shape index (κ2) is 5.48. The zero-order valence-corrected chi connectivity index (χ0v) is 12.0. The first-order chi connectivity index (χ1) is 10.2. The van der Waals surface area contributed by atoms with Crippen molar-refractivity contribution in [3.63, 3.8) is 0 Å². The lowest BCUT2D eigenvalue weighted by atomic mass is 9.84. The molecule has 1 aromatic rings. The molecule has 0 unspecified atom stereocenters. The van der Waals surface area contributed by atoms with Crippen LogP contribution in [0.2, 0.25) is 0 Å². The molecule has 0 radical (unpaired) electrons. The van der Waals surface area contributed by atoms with Crippen molar-refractivity contribution >= 4 is 17.5 Å². The fraction of sp³-hybridized carbons (Fsp3) is 0.500. The van der Waals surface area contributed by atoms with Gasteiger partial charge in [0, 0.05) is 13.0 Å². The maximum atomic E-state index is 12.7. The van der Waals surface area contributed by atoms with Gasteiger partial charge >= 0.3 is 0 Å². The van der Waals surface area contributed by atoms with Gasteiger partial charge in [-0.05, 0) is 37.1 Å². The highest BCUT2D eigenvalue weighted by molar-refractivity contribution is 6.22. The molecule has 1 saturated heterocycles. The molecule has 1 spiro atoms. The summed E-state index contributed by atoms with van der Waals surface area (Å²) < 4.78 is 5.41. The van der Waals surface area contributed by atoms with E-state index in [1.165, 1.54) is 4.90 Å². The Kier molecular flexibility index (Phi) is 3.68. The van der Waals surface area contributed by atoms with Crippen LogP contribution in [0.15, 0.2) is 24.3 Å². The number of hydrogen-bond donors (Lipinski definition) is 1. The maximum Gasteiger partial charge on any atom is 0.240 e. The zero-order valence-electron chi connectivity index (χ0n) is 12.0. The van der Waals surface area contributed by atoms with E-state index in [0.29, 0.717) is 31.0 Å². The average molecular weight is 288 g/mol. The minimum atomic E-state index is -0.425. The number of imide groups is 1. The molecule has 0 atom stereocenters. The number of amides is 2. The molecule has 5 heteroatoms. The number of carbonyl (C=O) groups excluding carboxylic acids is 2. The summed E-state index contributed by atoms with van der Waals surface area (Å²) in [6.45, 7) is 0.900. The SMILES string of the molecule is NCCOc1ccc(N2C(=O)CC3(CCCC3)C2=O)cc1. The molecule has 1 aliphatic heterocycles. The predicted octanol–water partition coefficient (Wildman–Crippen LogP) is 1.85. The van der Waals surface area contributed by atoms with Crippen LogP contribution >= 0.6 is 0 Å². The summed E-state index contributed by atoms with van der Waals surface area (Å²) in [7, 11) is 0. The van der Waals surface area contributed by atoms with Crippen molar-refractivity contribution in [2.24, 2.45) is 11.1 Å². The van der Waals surface area contributed by atoms with Crippen molar-refractivity contribution in [2.45, 2.75) is 32.1 Å². The summed E-state index contributed by atoms with van der Waals surface area (Å²) in [4.78, 5) is 26.3. The molecule has 1 aliphatic carbocycles. The van der Waals surface area contributed by atoms with Gasteiger partial charge in [0.05, 0.1) is 11.1 Å². The second-order valence-electron chi connectivity index (χ2n) is 5.83. The van der Waals surface area contributed by atoms with E-state index in [4.69, 9.17) is 10.5 Å². The van der Waals surface area contributed by atoms with Crippen molar-refractivity contribution in [3.8, 4) is 5.75 Å². The standard InChI is InChI=1S/C16H20N2O3/c17-9-10-21-13-5-3-12(4-6-13)18-14(19)11-16(15(18)20)7-1-2-8-16/h3-6H,1-2,7-11,17H2. The molecule has 112 valence electrons. The van der Waals surface area contributed by atoms with Crippen LogP contribution in [-0.2, 0) is 9.59 Å². The molecular formula is C16H20N2O3. The van der Waals surface area contributed by atoms with Crippen molar-refractivity contribution in [3.05, 3.63) is 24.3 Å². The summed E-state index contributed by atoms with van der Waals surface area (Å²) in [5.41, 5.74) is 5.59. The summed E-state index contributed by atoms with van der Waals surface area (Å²) in [5, 5.41) is 0. The predicted molar refractivity (Wildman–Crippen MR) is 79.0 cm³/mol. The highest BCUT2D eigenvalue weighted by Gasteiger charge is 2.52. The fourth-order valence-electron chi connectivity index (χ4n) is 3.37. The summed E-state index contributed by atoms with van der Waals surface area (Å²) in [6, 6.07) is 7.06. The molecular weight excluding hydrogens is 268 g/mol. The van der Waals surface area contributed by atoms with Crippen molar-refractivity contribution in [1.82, 2.24) is 0 Å². The van der Waals surface area contributed by atoms with Crippen LogP contribution in [0.5, 0.6) is 5.75 Å². The lowest BCUT2D eigenvalue weighted by Gasteiger charge is -2.21. The molecule has 21 heavy (non-hydrogen) atoms. The number of anilines is 1. The minimum Gasteiger partial charge on any atom is -0.492 e. The van der Waals surface area contributed by atoms with Crippen LogP contribution in [0.4, 0.5) is 5.69 Å². The van der Waals surface area contributed by atoms with E-state index in [9.17, 15) is 9.59 Å². The van der Waals surface area contributed by atoms with E-state index < -0.39 is 5.41 Å². The van der Waals surface area contributed by atoms with Crippen LogP contribution in [0.25, 0.3) is 0 Å². The molecule has 1 saturated carbocycles. The Morgan fingerprint density at radius 3 is 2.43 bits per heavy atom. The molecule has 0 aromatic heterocycles. The molecule has 1 heterocycles. The minimum absolute atomic E-state index is 0.0272. The molecule has 2 N–H and O–H groups in total.